The quantitative estimate of drug-likeness (QED) is 0.353. The van der Waals surface area contributed by atoms with E-state index in [4.69, 9.17) is 5.14 Å². The first kappa shape index (κ1) is 22.6. The first-order chi connectivity index (χ1) is 14.3. The van der Waals surface area contributed by atoms with E-state index < -0.39 is 67.3 Å². The molecule has 4 nitrogen and oxygen atoms in total. The van der Waals surface area contributed by atoms with Gasteiger partial charge in [0.05, 0.1) is 4.90 Å². The van der Waals surface area contributed by atoms with Crippen molar-refractivity contribution in [1.82, 2.24) is 0 Å². The van der Waals surface area contributed by atoms with E-state index in [0.717, 1.165) is 29.2 Å². The van der Waals surface area contributed by atoms with Crippen LogP contribution in [-0.4, -0.2) is 22.5 Å². The second kappa shape index (κ2) is 7.89. The zero-order chi connectivity index (χ0) is 23.2. The number of sulfonamides is 1. The lowest BCUT2D eigenvalue weighted by Crippen LogP contribution is -2.13. The maximum absolute atomic E-state index is 14.7. The Bertz CT molecular complexity index is 1270. The van der Waals surface area contributed by atoms with Crippen molar-refractivity contribution in [3.63, 3.8) is 0 Å². The van der Waals surface area contributed by atoms with E-state index in [1.54, 1.807) is 0 Å². The van der Waals surface area contributed by atoms with Crippen LogP contribution in [-0.2, 0) is 10.0 Å². The molecule has 3 aromatic carbocycles. The lowest BCUT2D eigenvalue weighted by molar-refractivity contribution is 0.412. The number of anilines is 1. The molecule has 0 bridgehead atoms. The average molecular weight is 460 g/mol. The first-order valence-electron chi connectivity index (χ1n) is 8.50. The highest BCUT2D eigenvalue weighted by Crippen LogP contribution is 2.41. The summed E-state index contributed by atoms with van der Waals surface area (Å²) in [7, 11) is -1.44. The highest BCUT2D eigenvalue weighted by molar-refractivity contribution is 7.89. The van der Waals surface area contributed by atoms with Crippen LogP contribution in [0.1, 0.15) is 0 Å². The molecule has 0 saturated heterocycles. The summed E-state index contributed by atoms with van der Waals surface area (Å²) >= 11 is 0. The van der Waals surface area contributed by atoms with Crippen molar-refractivity contribution < 1.29 is 34.8 Å². The van der Waals surface area contributed by atoms with E-state index in [0.29, 0.717) is 12.1 Å². The zero-order valence-corrected chi connectivity index (χ0v) is 16.8. The van der Waals surface area contributed by atoms with Gasteiger partial charge in [-0.3, -0.25) is 0 Å². The lowest BCUT2D eigenvalue weighted by Gasteiger charge is -2.18. The molecule has 0 aliphatic rings. The molecule has 0 aliphatic heterocycles. The van der Waals surface area contributed by atoms with E-state index in [-0.39, 0.29) is 10.5 Å². The number of hydrogen-bond acceptors (Lipinski definition) is 3. The van der Waals surface area contributed by atoms with Crippen molar-refractivity contribution in [3.8, 4) is 22.3 Å². The fourth-order valence-electron chi connectivity index (χ4n) is 3.12. The monoisotopic (exact) mass is 460 g/mol. The van der Waals surface area contributed by atoms with Gasteiger partial charge in [0.15, 0.2) is 23.3 Å². The van der Waals surface area contributed by atoms with Crippen molar-refractivity contribution >= 4 is 15.7 Å². The maximum Gasteiger partial charge on any atom is 0.238 e. The standard InChI is InChI=1S/C20H14F6N2O2S/c1-28(2)20-12(21)7-10(8-13(20)22)15-14(16(23)18(25)19(26)17(15)24)9-3-5-11(6-4-9)31(27,29)30/h3-8H,1-2H3,(H2,27,29,30). The Hall–Kier alpha value is -3.05. The second-order valence-corrected chi connectivity index (χ2v) is 8.32. The SMILES string of the molecule is CN(C)c1c(F)cc(-c2c(F)c(F)c(F)c(F)c2-c2ccc(S(N)(=O)=O)cc2)cc1F. The van der Waals surface area contributed by atoms with Crippen molar-refractivity contribution in [2.45, 2.75) is 4.90 Å². The zero-order valence-electron chi connectivity index (χ0n) is 16.0. The van der Waals surface area contributed by atoms with Crippen LogP contribution in [0.25, 0.3) is 22.3 Å². The minimum absolute atomic E-state index is 0.282. The van der Waals surface area contributed by atoms with Gasteiger partial charge in [-0.05, 0) is 35.4 Å². The molecule has 0 saturated carbocycles. The number of benzene rings is 3. The van der Waals surface area contributed by atoms with Crippen molar-refractivity contribution in [2.24, 2.45) is 5.14 Å². The van der Waals surface area contributed by atoms with Crippen molar-refractivity contribution in [2.75, 3.05) is 19.0 Å². The first-order valence-corrected chi connectivity index (χ1v) is 10.0. The number of halogens is 6. The van der Waals surface area contributed by atoms with Gasteiger partial charge in [0.2, 0.25) is 10.0 Å². The molecule has 0 heterocycles. The Labute approximate surface area is 173 Å². The number of hydrogen-bond donors (Lipinski definition) is 1. The number of rotatable bonds is 4. The van der Waals surface area contributed by atoms with Gasteiger partial charge in [0, 0.05) is 25.2 Å². The third kappa shape index (κ3) is 3.98. The topological polar surface area (TPSA) is 63.4 Å². The molecule has 2 N–H and O–H groups in total. The summed E-state index contributed by atoms with van der Waals surface area (Å²) in [6.07, 6.45) is 0. The van der Waals surface area contributed by atoms with Crippen molar-refractivity contribution in [1.29, 1.82) is 0 Å². The third-order valence-corrected chi connectivity index (χ3v) is 5.42. The van der Waals surface area contributed by atoms with Gasteiger partial charge in [0.1, 0.15) is 17.3 Å². The highest BCUT2D eigenvalue weighted by Gasteiger charge is 2.28. The summed E-state index contributed by atoms with van der Waals surface area (Å²) in [6, 6.07) is 5.11. The predicted octanol–water partition coefficient (Wildman–Crippen LogP) is 4.57. The molecule has 0 fully saturated rings. The molecule has 164 valence electrons. The van der Waals surface area contributed by atoms with Gasteiger partial charge in [0.25, 0.3) is 0 Å². The Morgan fingerprint density at radius 1 is 0.710 bits per heavy atom. The predicted molar refractivity (Wildman–Crippen MR) is 103 cm³/mol. The van der Waals surface area contributed by atoms with Crippen molar-refractivity contribution in [3.05, 3.63) is 71.3 Å². The second-order valence-electron chi connectivity index (χ2n) is 6.76. The minimum atomic E-state index is -4.13. The van der Waals surface area contributed by atoms with Gasteiger partial charge in [-0.15, -0.1) is 0 Å². The summed E-state index contributed by atoms with van der Waals surface area (Å²) in [4.78, 5) is 0.720. The number of nitrogens with zero attached hydrogens (tertiary/aromatic N) is 1. The summed E-state index contributed by atoms with van der Waals surface area (Å²) in [5.74, 6) is -10.3. The summed E-state index contributed by atoms with van der Waals surface area (Å²) in [5, 5.41) is 4.98. The molecule has 0 unspecified atom stereocenters. The van der Waals surface area contributed by atoms with Crippen LogP contribution in [0.2, 0.25) is 0 Å². The van der Waals surface area contributed by atoms with E-state index in [9.17, 15) is 34.8 Å². The van der Waals surface area contributed by atoms with Gasteiger partial charge in [-0.2, -0.15) is 0 Å². The minimum Gasteiger partial charge on any atom is -0.373 e. The van der Waals surface area contributed by atoms with E-state index in [1.807, 2.05) is 0 Å². The van der Waals surface area contributed by atoms with Crippen LogP contribution in [0.15, 0.2) is 41.3 Å². The molecule has 0 radical (unpaired) electrons. The molecule has 3 rings (SSSR count). The largest absolute Gasteiger partial charge is 0.373 e. The summed E-state index contributed by atoms with van der Waals surface area (Å²) in [6.45, 7) is 0. The number of nitrogens with two attached hydrogens (primary N) is 1. The molecule has 0 spiro atoms. The van der Waals surface area contributed by atoms with Gasteiger partial charge in [-0.25, -0.2) is 39.9 Å². The van der Waals surface area contributed by atoms with Crippen LogP contribution >= 0.6 is 0 Å². The normalized spacial score (nSPS) is 11.6. The smallest absolute Gasteiger partial charge is 0.238 e. The molecule has 0 aliphatic carbocycles. The van der Waals surface area contributed by atoms with Crippen LogP contribution in [0.5, 0.6) is 0 Å². The molecule has 3 aromatic rings. The van der Waals surface area contributed by atoms with Crippen LogP contribution < -0.4 is 10.0 Å². The van der Waals surface area contributed by atoms with Gasteiger partial charge in [-0.1, -0.05) is 12.1 Å². The summed E-state index contributed by atoms with van der Waals surface area (Å²) < 4.78 is 109. The molecular formula is C20H14F6N2O2S. The molecule has 0 atom stereocenters. The highest BCUT2D eigenvalue weighted by atomic mass is 32.2. The van der Waals surface area contributed by atoms with E-state index in [1.165, 1.54) is 14.1 Å². The molecule has 31 heavy (non-hydrogen) atoms. The average Bonchev–Trinajstić information content (AvgIpc) is 2.67. The van der Waals surface area contributed by atoms with Crippen LogP contribution in [0.4, 0.5) is 32.0 Å². The lowest BCUT2D eigenvalue weighted by atomic mass is 9.92. The Kier molecular flexibility index (Phi) is 5.76. The van der Waals surface area contributed by atoms with Crippen LogP contribution in [0, 0.1) is 34.9 Å². The van der Waals surface area contributed by atoms with E-state index in [2.05, 4.69) is 0 Å². The fourth-order valence-corrected chi connectivity index (χ4v) is 3.64. The Morgan fingerprint density at radius 2 is 1.13 bits per heavy atom. The molecule has 0 amide bonds. The number of primary sulfonamides is 1. The maximum atomic E-state index is 14.7. The van der Waals surface area contributed by atoms with Gasteiger partial charge < -0.3 is 4.90 Å². The van der Waals surface area contributed by atoms with Gasteiger partial charge >= 0.3 is 0 Å². The Morgan fingerprint density at radius 3 is 1.52 bits per heavy atom. The fraction of sp³-hybridized carbons (Fsp3) is 0.100. The van der Waals surface area contributed by atoms with Crippen LogP contribution in [0.3, 0.4) is 0 Å². The Balaban J connectivity index is 2.37. The van der Waals surface area contributed by atoms with E-state index >= 15 is 0 Å². The molecule has 0 aromatic heterocycles. The summed E-state index contributed by atoms with van der Waals surface area (Å²) in [5.41, 5.74) is -3.15. The third-order valence-electron chi connectivity index (χ3n) is 4.49. The molecule has 11 heteroatoms. The molecular weight excluding hydrogens is 446 g/mol.